The highest BCUT2D eigenvalue weighted by molar-refractivity contribution is 5.69. The van der Waals surface area contributed by atoms with Crippen molar-refractivity contribution in [2.24, 2.45) is 5.73 Å². The van der Waals surface area contributed by atoms with Crippen LogP contribution in [0.25, 0.3) is 11.1 Å². The maximum absolute atomic E-state index is 14.2. The van der Waals surface area contributed by atoms with E-state index in [1.54, 1.807) is 20.3 Å². The number of ether oxygens (including phenoxy) is 3. The van der Waals surface area contributed by atoms with E-state index in [-0.39, 0.29) is 5.56 Å². The third kappa shape index (κ3) is 3.57. The molecule has 0 saturated carbocycles. The number of benzene rings is 3. The molecule has 7 heteroatoms. The first-order valence-corrected chi connectivity index (χ1v) is 9.33. The summed E-state index contributed by atoms with van der Waals surface area (Å²) in [6.07, 6.45) is -0.529. The molecular formula is C23H20F3NO3. The molecule has 0 unspecified atom stereocenters. The fourth-order valence-electron chi connectivity index (χ4n) is 3.68. The Morgan fingerprint density at radius 1 is 0.833 bits per heavy atom. The number of fused-ring (bicyclic) bond motifs is 1. The predicted molar refractivity (Wildman–Crippen MR) is 106 cm³/mol. The van der Waals surface area contributed by atoms with E-state index in [2.05, 4.69) is 0 Å². The topological polar surface area (TPSA) is 53.7 Å². The van der Waals surface area contributed by atoms with Crippen molar-refractivity contribution < 1.29 is 27.4 Å². The van der Waals surface area contributed by atoms with E-state index >= 15 is 0 Å². The molecular weight excluding hydrogens is 395 g/mol. The minimum absolute atomic E-state index is 0.101. The highest BCUT2D eigenvalue weighted by Crippen LogP contribution is 2.39. The van der Waals surface area contributed by atoms with E-state index in [0.29, 0.717) is 29.7 Å². The van der Waals surface area contributed by atoms with Gasteiger partial charge in [-0.3, -0.25) is 0 Å². The Balaban J connectivity index is 1.66. The van der Waals surface area contributed by atoms with Crippen LogP contribution in [0.1, 0.15) is 17.2 Å². The highest BCUT2D eigenvalue weighted by atomic mass is 19.2. The molecule has 1 heterocycles. The minimum Gasteiger partial charge on any atom is -0.493 e. The van der Waals surface area contributed by atoms with Gasteiger partial charge in [0.2, 0.25) is 0 Å². The lowest BCUT2D eigenvalue weighted by Gasteiger charge is -2.32. The van der Waals surface area contributed by atoms with E-state index < -0.39 is 29.6 Å². The molecule has 0 saturated heterocycles. The summed E-state index contributed by atoms with van der Waals surface area (Å²) in [5.41, 5.74) is 8.79. The van der Waals surface area contributed by atoms with E-state index in [1.165, 1.54) is 0 Å². The fourth-order valence-corrected chi connectivity index (χ4v) is 3.68. The number of hydrogen-bond acceptors (Lipinski definition) is 4. The molecule has 2 atom stereocenters. The smallest absolute Gasteiger partial charge is 0.161 e. The zero-order valence-electron chi connectivity index (χ0n) is 16.4. The molecule has 1 aliphatic rings. The van der Waals surface area contributed by atoms with Crippen LogP contribution < -0.4 is 19.9 Å². The maximum Gasteiger partial charge on any atom is 0.161 e. The Labute approximate surface area is 172 Å². The van der Waals surface area contributed by atoms with Gasteiger partial charge < -0.3 is 19.9 Å². The summed E-state index contributed by atoms with van der Waals surface area (Å²) in [5, 5.41) is 0. The quantitative estimate of drug-likeness (QED) is 0.623. The Kier molecular flexibility index (Phi) is 5.30. The molecule has 0 aliphatic carbocycles. The molecule has 0 radical (unpaired) electrons. The van der Waals surface area contributed by atoms with Crippen molar-refractivity contribution in [3.05, 3.63) is 77.1 Å². The van der Waals surface area contributed by atoms with Gasteiger partial charge in [0.25, 0.3) is 0 Å². The van der Waals surface area contributed by atoms with Crippen molar-refractivity contribution in [1.29, 1.82) is 0 Å². The first-order valence-electron chi connectivity index (χ1n) is 9.33. The van der Waals surface area contributed by atoms with Gasteiger partial charge in [-0.25, -0.2) is 13.2 Å². The van der Waals surface area contributed by atoms with Crippen LogP contribution in [0.3, 0.4) is 0 Å². The predicted octanol–water partition coefficient (Wildman–Crippen LogP) is 4.79. The van der Waals surface area contributed by atoms with E-state index in [1.807, 2.05) is 30.3 Å². The van der Waals surface area contributed by atoms with Crippen LogP contribution in [0.2, 0.25) is 0 Å². The van der Waals surface area contributed by atoms with Crippen molar-refractivity contribution in [3.8, 4) is 28.4 Å². The summed E-state index contributed by atoms with van der Waals surface area (Å²) in [6.45, 7) is 0. The first kappa shape index (κ1) is 20.1. The van der Waals surface area contributed by atoms with Crippen LogP contribution in [0, 0.1) is 17.5 Å². The van der Waals surface area contributed by atoms with Crippen molar-refractivity contribution in [1.82, 2.24) is 0 Å². The molecule has 0 amide bonds. The second kappa shape index (κ2) is 7.91. The average Bonchev–Trinajstić information content (AvgIpc) is 2.75. The molecule has 3 aromatic rings. The summed E-state index contributed by atoms with van der Waals surface area (Å²) >= 11 is 0. The summed E-state index contributed by atoms with van der Waals surface area (Å²) in [5.74, 6) is -1.53. The Morgan fingerprint density at radius 2 is 1.50 bits per heavy atom. The molecule has 156 valence electrons. The zero-order valence-corrected chi connectivity index (χ0v) is 16.4. The largest absolute Gasteiger partial charge is 0.493 e. The fraction of sp³-hybridized carbons (Fsp3) is 0.217. The Hall–Kier alpha value is -3.19. The van der Waals surface area contributed by atoms with Gasteiger partial charge in [0.05, 0.1) is 20.3 Å². The second-order valence-electron chi connectivity index (χ2n) is 7.09. The summed E-state index contributed by atoms with van der Waals surface area (Å²) in [6, 6.07) is 11.8. The minimum atomic E-state index is -1.25. The van der Waals surface area contributed by atoms with E-state index in [4.69, 9.17) is 19.9 Å². The van der Waals surface area contributed by atoms with Gasteiger partial charge in [-0.2, -0.15) is 0 Å². The van der Waals surface area contributed by atoms with Crippen molar-refractivity contribution >= 4 is 0 Å². The highest BCUT2D eigenvalue weighted by Gasteiger charge is 2.32. The third-order valence-electron chi connectivity index (χ3n) is 5.22. The second-order valence-corrected chi connectivity index (χ2v) is 7.09. The van der Waals surface area contributed by atoms with Gasteiger partial charge in [0.15, 0.2) is 23.1 Å². The molecule has 0 bridgehead atoms. The number of hydrogen-bond donors (Lipinski definition) is 1. The normalized spacial score (nSPS) is 17.8. The zero-order chi connectivity index (χ0) is 21.4. The van der Waals surface area contributed by atoms with Crippen LogP contribution in [0.4, 0.5) is 13.2 Å². The molecule has 0 fully saturated rings. The van der Waals surface area contributed by atoms with Crippen LogP contribution in [0.5, 0.6) is 17.2 Å². The average molecular weight is 415 g/mol. The summed E-state index contributed by atoms with van der Waals surface area (Å²) < 4.78 is 57.6. The monoisotopic (exact) mass is 415 g/mol. The van der Waals surface area contributed by atoms with Crippen LogP contribution >= 0.6 is 0 Å². The Morgan fingerprint density at radius 3 is 2.23 bits per heavy atom. The van der Waals surface area contributed by atoms with Gasteiger partial charge >= 0.3 is 0 Å². The van der Waals surface area contributed by atoms with Crippen molar-refractivity contribution in [2.45, 2.75) is 18.6 Å². The lowest BCUT2D eigenvalue weighted by molar-refractivity contribution is 0.148. The summed E-state index contributed by atoms with van der Waals surface area (Å²) in [7, 11) is 3.14. The third-order valence-corrected chi connectivity index (χ3v) is 5.22. The summed E-state index contributed by atoms with van der Waals surface area (Å²) in [4.78, 5) is 0. The lowest BCUT2D eigenvalue weighted by atomic mass is 9.91. The number of halogens is 3. The van der Waals surface area contributed by atoms with Crippen LogP contribution in [-0.2, 0) is 6.42 Å². The maximum atomic E-state index is 14.2. The van der Waals surface area contributed by atoms with Gasteiger partial charge in [0, 0.05) is 11.6 Å². The number of nitrogens with two attached hydrogens (primary N) is 1. The SMILES string of the molecule is COc1ccc(-c2ccc3c(c2)C[C@@H](N)[C@H](c2cc(F)c(F)cc2F)O3)cc1OC. The molecule has 3 aromatic carbocycles. The Bertz CT molecular complexity index is 1100. The van der Waals surface area contributed by atoms with Crippen molar-refractivity contribution in [3.63, 3.8) is 0 Å². The molecule has 4 rings (SSSR count). The van der Waals surface area contributed by atoms with Gasteiger partial charge in [-0.15, -0.1) is 0 Å². The van der Waals surface area contributed by atoms with Gasteiger partial charge in [0.1, 0.15) is 17.7 Å². The van der Waals surface area contributed by atoms with Crippen LogP contribution in [0.15, 0.2) is 48.5 Å². The van der Waals surface area contributed by atoms with Gasteiger partial charge in [-0.1, -0.05) is 12.1 Å². The standard InChI is InChI=1S/C23H20F3NO3/c1-28-21-6-4-13(9-22(21)29-2)12-3-5-20-14(7-12)8-19(27)23(30-20)15-10-17(25)18(26)11-16(15)24/h3-7,9-11,19,23H,8,27H2,1-2H3/t19-,23+/m1/s1. The molecule has 0 aromatic heterocycles. The number of methoxy groups -OCH3 is 2. The molecule has 2 N–H and O–H groups in total. The lowest BCUT2D eigenvalue weighted by Crippen LogP contribution is -2.38. The van der Waals surface area contributed by atoms with Crippen molar-refractivity contribution in [2.75, 3.05) is 14.2 Å². The van der Waals surface area contributed by atoms with Crippen LogP contribution in [-0.4, -0.2) is 20.3 Å². The van der Waals surface area contributed by atoms with Gasteiger partial charge in [-0.05, 0) is 53.4 Å². The molecule has 0 spiro atoms. The molecule has 4 nitrogen and oxygen atoms in total. The van der Waals surface area contributed by atoms with E-state index in [0.717, 1.165) is 22.8 Å². The first-order chi connectivity index (χ1) is 14.4. The molecule has 1 aliphatic heterocycles. The molecule has 30 heavy (non-hydrogen) atoms. The number of rotatable bonds is 4. The van der Waals surface area contributed by atoms with E-state index in [9.17, 15) is 13.2 Å².